The summed E-state index contributed by atoms with van der Waals surface area (Å²) >= 11 is 0. The van der Waals surface area contributed by atoms with Gasteiger partial charge in [0.1, 0.15) is 0 Å². The summed E-state index contributed by atoms with van der Waals surface area (Å²) in [6, 6.07) is 0. The van der Waals surface area contributed by atoms with E-state index in [1.165, 1.54) is 0 Å². The molecule has 12 heteroatoms. The summed E-state index contributed by atoms with van der Waals surface area (Å²) in [5, 5.41) is 0. The van der Waals surface area contributed by atoms with Gasteiger partial charge >= 0.3 is 75.5 Å². The summed E-state index contributed by atoms with van der Waals surface area (Å²) in [5.74, 6) is 0. The number of hydrogen-bond donors (Lipinski definition) is 0. The van der Waals surface area contributed by atoms with E-state index in [-0.39, 0.29) is 75.5 Å². The van der Waals surface area contributed by atoms with E-state index in [1.807, 2.05) is 0 Å². The zero-order chi connectivity index (χ0) is 9.00. The topological polar surface area (TPSA) is 161 Å². The molecule has 0 aromatic carbocycles. The van der Waals surface area contributed by atoms with Crippen molar-refractivity contribution < 1.29 is 35.0 Å². The van der Waals surface area contributed by atoms with Crippen LogP contribution in [0.1, 0.15) is 0 Å². The molecule has 0 rings (SSSR count). The zero-order valence-corrected chi connectivity index (χ0v) is 11.5. The first kappa shape index (κ1) is 23.8. The Bertz CT molecular complexity index is 211. The normalized spacial score (nSPS) is 9.67. The van der Waals surface area contributed by atoms with Crippen LogP contribution in [-0.2, 0) is 20.8 Å². The van der Waals surface area contributed by atoms with Crippen molar-refractivity contribution in [3.8, 4) is 0 Å². The Hall–Kier alpha value is 2.26. The molecule has 0 aromatic heterocycles. The van der Waals surface area contributed by atoms with Crippen molar-refractivity contribution in [2.45, 2.75) is 0 Å². The van der Waals surface area contributed by atoms with Crippen molar-refractivity contribution >= 4 is 96.3 Å². The molecule has 0 heterocycles. The molecular weight excluding hydrogens is 272 g/mol. The van der Waals surface area contributed by atoms with Crippen molar-refractivity contribution in [3.05, 3.63) is 0 Å². The van der Waals surface area contributed by atoms with Crippen LogP contribution in [0.15, 0.2) is 0 Å². The van der Waals surface area contributed by atoms with Gasteiger partial charge in [-0.25, -0.2) is 0 Å². The molecule has 12 heavy (non-hydrogen) atoms. The molecule has 0 atom stereocenters. The van der Waals surface area contributed by atoms with Crippen LogP contribution in [-0.4, -0.2) is 111 Å². The zero-order valence-electron chi connectivity index (χ0n) is 5.50. The second-order valence-electron chi connectivity index (χ2n) is 0.816. The van der Waals surface area contributed by atoms with E-state index in [9.17, 15) is 0 Å². The van der Waals surface area contributed by atoms with Crippen molar-refractivity contribution in [2.24, 2.45) is 0 Å². The Balaban J connectivity index is -0.0000000457. The first-order valence-corrected chi connectivity index (χ1v) is 4.00. The first-order chi connectivity index (χ1) is 4.00. The summed E-state index contributed by atoms with van der Waals surface area (Å²) in [7, 11) is -10.3. The molecule has 8 nitrogen and oxygen atoms in total. The second-order valence-corrected chi connectivity index (χ2v) is 2.45. The Morgan fingerprint density at radius 3 is 0.583 bits per heavy atom. The van der Waals surface area contributed by atoms with Gasteiger partial charge in [-0.2, -0.15) is 0 Å². The van der Waals surface area contributed by atoms with Crippen molar-refractivity contribution in [1.82, 2.24) is 0 Å². The van der Waals surface area contributed by atoms with E-state index >= 15 is 0 Å². The molecule has 0 radical (unpaired) electrons. The van der Waals surface area contributed by atoms with Gasteiger partial charge in [0, 0.05) is 20.8 Å². The van der Waals surface area contributed by atoms with Gasteiger partial charge in [-0.05, 0) is 0 Å². The minimum absolute atomic E-state index is 0. The van der Waals surface area contributed by atoms with Crippen molar-refractivity contribution in [1.29, 1.82) is 0 Å². The summed E-state index contributed by atoms with van der Waals surface area (Å²) in [6.45, 7) is 0. The third-order valence-corrected chi connectivity index (χ3v) is 0. The molecule has 0 amide bonds. The van der Waals surface area contributed by atoms with Gasteiger partial charge in [0.25, 0.3) is 0 Å². The predicted octanol–water partition coefficient (Wildman–Crippen LogP) is -3.44. The minimum atomic E-state index is -5.17. The molecule has 0 aromatic rings. The number of hydrogen-bond acceptors (Lipinski definition) is 8. The summed E-state index contributed by atoms with van der Waals surface area (Å²) in [6.07, 6.45) is 0. The van der Waals surface area contributed by atoms with Crippen molar-refractivity contribution in [3.63, 3.8) is 0 Å². The molecule has 0 aliphatic rings. The summed E-state index contributed by atoms with van der Waals surface area (Å²) in [5.41, 5.74) is 0. The van der Waals surface area contributed by atoms with Crippen LogP contribution >= 0.6 is 0 Å². The standard InChI is InChI=1S/2Ca.2H2O4S/c;;2*1-5(2,3)4/h;;2*(H2,1,2,3,4)/q2*+2;;/p-4. The van der Waals surface area contributed by atoms with E-state index in [1.54, 1.807) is 0 Å². The van der Waals surface area contributed by atoms with E-state index < -0.39 is 20.8 Å². The maximum atomic E-state index is 8.52. The number of rotatable bonds is 0. The van der Waals surface area contributed by atoms with Crippen LogP contribution < -0.4 is 0 Å². The van der Waals surface area contributed by atoms with Crippen LogP contribution in [0.4, 0.5) is 0 Å². The maximum Gasteiger partial charge on any atom is 2.00 e. The van der Waals surface area contributed by atoms with E-state index in [2.05, 4.69) is 0 Å². The van der Waals surface area contributed by atoms with Crippen LogP contribution in [0.2, 0.25) is 0 Å². The van der Waals surface area contributed by atoms with Crippen LogP contribution in [0.25, 0.3) is 0 Å². The summed E-state index contributed by atoms with van der Waals surface area (Å²) < 4.78 is 68.2. The van der Waals surface area contributed by atoms with Gasteiger partial charge in [0.2, 0.25) is 0 Å². The third kappa shape index (κ3) is 304. The van der Waals surface area contributed by atoms with Gasteiger partial charge in [-0.3, -0.25) is 16.8 Å². The minimum Gasteiger partial charge on any atom is -0.759 e. The molecule has 0 aliphatic heterocycles. The van der Waals surface area contributed by atoms with E-state index in [0.717, 1.165) is 0 Å². The van der Waals surface area contributed by atoms with Gasteiger partial charge in [-0.15, -0.1) is 0 Å². The fourth-order valence-corrected chi connectivity index (χ4v) is 0. The van der Waals surface area contributed by atoms with Gasteiger partial charge in [-0.1, -0.05) is 0 Å². The average molecular weight is 272 g/mol. The van der Waals surface area contributed by atoms with Crippen molar-refractivity contribution in [2.75, 3.05) is 0 Å². The smallest absolute Gasteiger partial charge is 0.759 e. The average Bonchev–Trinajstić information content (AvgIpc) is 1.12. The largest absolute Gasteiger partial charge is 2.00 e. The van der Waals surface area contributed by atoms with Crippen LogP contribution in [0, 0.1) is 0 Å². The van der Waals surface area contributed by atoms with Gasteiger partial charge < -0.3 is 18.2 Å². The Morgan fingerprint density at radius 2 is 0.583 bits per heavy atom. The third-order valence-electron chi connectivity index (χ3n) is 0. The Morgan fingerprint density at radius 1 is 0.583 bits per heavy atom. The Labute approximate surface area is 129 Å². The van der Waals surface area contributed by atoms with E-state index in [0.29, 0.717) is 0 Å². The predicted molar refractivity (Wildman–Crippen MR) is 32.5 cm³/mol. The molecule has 0 saturated carbocycles. The molecule has 0 N–H and O–H groups in total. The molecule has 0 fully saturated rings. The molecule has 0 bridgehead atoms. The quantitative estimate of drug-likeness (QED) is 0.250. The monoisotopic (exact) mass is 272 g/mol. The summed E-state index contributed by atoms with van der Waals surface area (Å²) in [4.78, 5) is 0. The van der Waals surface area contributed by atoms with E-state index in [4.69, 9.17) is 35.0 Å². The molecule has 0 unspecified atom stereocenters. The fraction of sp³-hybridized carbons (Fsp3) is 0. The maximum absolute atomic E-state index is 8.52. The molecule has 64 valence electrons. The SMILES string of the molecule is O=S(=O)([O-])[O-].O=S(=O)([O-])[O-].[Ca+2].[Ca+2]. The van der Waals surface area contributed by atoms with Crippen LogP contribution in [0.5, 0.6) is 0 Å². The van der Waals surface area contributed by atoms with Gasteiger partial charge in [0.05, 0.1) is 0 Å². The molecule has 0 saturated heterocycles. The molecule has 0 spiro atoms. The molecule has 0 aliphatic carbocycles. The second kappa shape index (κ2) is 9.80. The van der Waals surface area contributed by atoms with Crippen LogP contribution in [0.3, 0.4) is 0 Å². The first-order valence-electron chi connectivity index (χ1n) is 1.33. The Kier molecular flexibility index (Phi) is 19.5. The molecular formula is Ca2O8S2. The van der Waals surface area contributed by atoms with Gasteiger partial charge in [0.15, 0.2) is 0 Å². The fourth-order valence-electron chi connectivity index (χ4n) is 0.